The third-order valence-corrected chi connectivity index (χ3v) is 3.80. The zero-order valence-corrected chi connectivity index (χ0v) is 15.2. The van der Waals surface area contributed by atoms with Gasteiger partial charge in [-0.1, -0.05) is 13.8 Å². The van der Waals surface area contributed by atoms with E-state index >= 15 is 0 Å². The van der Waals surface area contributed by atoms with Crippen LogP contribution in [0.5, 0.6) is 0 Å². The number of nitrogens with two attached hydrogens (primary N) is 2. The Bertz CT molecular complexity index is 763. The molecule has 7 nitrogen and oxygen atoms in total. The van der Waals surface area contributed by atoms with Gasteiger partial charge in [-0.25, -0.2) is 9.37 Å². The molecule has 2 aromatic rings. The molecule has 0 bridgehead atoms. The van der Waals surface area contributed by atoms with Crippen LogP contribution < -0.4 is 22.1 Å². The highest BCUT2D eigenvalue weighted by Crippen LogP contribution is 2.24. The van der Waals surface area contributed by atoms with Crippen LogP contribution in [-0.2, 0) is 0 Å². The number of carbonyl (C=O) groups excluding carboxylic acids is 1. The number of aryl methyl sites for hydroxylation is 1. The van der Waals surface area contributed by atoms with Crippen LogP contribution >= 0.6 is 0 Å². The third kappa shape index (κ3) is 5.13. The lowest BCUT2D eigenvalue weighted by Gasteiger charge is -2.21. The summed E-state index contributed by atoms with van der Waals surface area (Å²) < 4.78 is 14.4. The van der Waals surface area contributed by atoms with E-state index in [2.05, 4.69) is 34.4 Å². The van der Waals surface area contributed by atoms with Crippen molar-refractivity contribution >= 4 is 23.2 Å². The Kier molecular flexibility index (Phi) is 6.46. The van der Waals surface area contributed by atoms with Crippen molar-refractivity contribution in [2.75, 3.05) is 17.2 Å². The van der Waals surface area contributed by atoms with E-state index in [1.807, 2.05) is 13.0 Å². The highest BCUT2D eigenvalue weighted by Gasteiger charge is 2.18. The van der Waals surface area contributed by atoms with Crippen molar-refractivity contribution in [2.24, 2.45) is 17.4 Å². The van der Waals surface area contributed by atoms with Gasteiger partial charge in [0.1, 0.15) is 5.82 Å². The summed E-state index contributed by atoms with van der Waals surface area (Å²) in [7, 11) is 0. The molecule has 140 valence electrons. The number of hydrogen-bond acceptors (Lipinski definition) is 6. The fraction of sp³-hybridized carbons (Fsp3) is 0.389. The van der Waals surface area contributed by atoms with Crippen LogP contribution in [-0.4, -0.2) is 28.5 Å². The monoisotopic (exact) mass is 360 g/mol. The average Bonchev–Trinajstić information content (AvgIpc) is 2.58. The van der Waals surface area contributed by atoms with E-state index in [1.165, 1.54) is 0 Å². The van der Waals surface area contributed by atoms with Crippen molar-refractivity contribution in [1.29, 1.82) is 0 Å². The molecule has 0 saturated carbocycles. The summed E-state index contributed by atoms with van der Waals surface area (Å²) in [6.45, 7) is 6.31. The van der Waals surface area contributed by atoms with Gasteiger partial charge in [0.05, 0.1) is 17.4 Å². The number of carbonyl (C=O) groups is 1. The standard InChI is InChI=1S/C18H25FN6O/c1-10(2)6-13(8-20)24-18-15(19)7-14(16(21)26)17(25-18)23-12-5-4-11(3)22-9-12/h4-5,7,9-10,13H,6,8,20H2,1-3H3,(H2,21,26)(H2,23,24,25)/t13-/m1/s1. The molecular weight excluding hydrogens is 335 g/mol. The van der Waals surface area contributed by atoms with Gasteiger partial charge >= 0.3 is 0 Å². The number of hydrogen-bond donors (Lipinski definition) is 4. The molecule has 26 heavy (non-hydrogen) atoms. The minimum atomic E-state index is -0.775. The third-order valence-electron chi connectivity index (χ3n) is 3.80. The molecule has 2 rings (SSSR count). The minimum Gasteiger partial charge on any atom is -0.365 e. The number of anilines is 3. The maximum Gasteiger partial charge on any atom is 0.252 e. The molecule has 0 fully saturated rings. The number of nitrogens with one attached hydrogen (secondary N) is 2. The van der Waals surface area contributed by atoms with Crippen molar-refractivity contribution in [1.82, 2.24) is 9.97 Å². The Morgan fingerprint density at radius 1 is 1.31 bits per heavy atom. The van der Waals surface area contributed by atoms with Crippen LogP contribution in [0.15, 0.2) is 24.4 Å². The molecular formula is C18H25FN6O. The lowest BCUT2D eigenvalue weighted by atomic mass is 10.0. The number of aromatic nitrogens is 2. The molecule has 8 heteroatoms. The molecule has 2 aromatic heterocycles. The van der Waals surface area contributed by atoms with Gasteiger partial charge in [-0.2, -0.15) is 0 Å². The fourth-order valence-corrected chi connectivity index (χ4v) is 2.53. The minimum absolute atomic E-state index is 0.0219. The van der Waals surface area contributed by atoms with Crippen molar-refractivity contribution in [2.45, 2.75) is 33.2 Å². The van der Waals surface area contributed by atoms with Crippen LogP contribution in [0.2, 0.25) is 0 Å². The van der Waals surface area contributed by atoms with E-state index in [0.717, 1.165) is 18.2 Å². The molecule has 2 heterocycles. The Hall–Kier alpha value is -2.74. The summed E-state index contributed by atoms with van der Waals surface area (Å²) >= 11 is 0. The summed E-state index contributed by atoms with van der Waals surface area (Å²) in [5.41, 5.74) is 12.5. The van der Waals surface area contributed by atoms with Gasteiger partial charge in [0.25, 0.3) is 5.91 Å². The number of pyridine rings is 2. The Morgan fingerprint density at radius 3 is 2.58 bits per heavy atom. The van der Waals surface area contributed by atoms with E-state index < -0.39 is 11.7 Å². The normalized spacial score (nSPS) is 12.1. The van der Waals surface area contributed by atoms with E-state index in [1.54, 1.807) is 12.3 Å². The topological polar surface area (TPSA) is 119 Å². The largest absolute Gasteiger partial charge is 0.365 e. The Morgan fingerprint density at radius 2 is 2.04 bits per heavy atom. The molecule has 1 amide bonds. The van der Waals surface area contributed by atoms with Crippen LogP contribution in [0.1, 0.15) is 36.3 Å². The number of primary amides is 1. The first-order valence-electron chi connectivity index (χ1n) is 8.46. The second-order valence-electron chi connectivity index (χ2n) is 6.60. The first-order valence-corrected chi connectivity index (χ1v) is 8.46. The summed E-state index contributed by atoms with van der Waals surface area (Å²) in [5.74, 6) is -0.863. The predicted octanol–water partition coefficient (Wildman–Crippen LogP) is 2.55. The highest BCUT2D eigenvalue weighted by atomic mass is 19.1. The Labute approximate surface area is 152 Å². The molecule has 0 aromatic carbocycles. The highest BCUT2D eigenvalue weighted by molar-refractivity contribution is 5.98. The maximum absolute atomic E-state index is 14.4. The number of nitrogens with zero attached hydrogens (tertiary/aromatic N) is 2. The zero-order chi connectivity index (χ0) is 19.3. The molecule has 0 saturated heterocycles. The van der Waals surface area contributed by atoms with Gasteiger partial charge in [-0.15, -0.1) is 0 Å². The van der Waals surface area contributed by atoms with Gasteiger partial charge in [0.2, 0.25) is 0 Å². The summed E-state index contributed by atoms with van der Waals surface area (Å²) in [5, 5.41) is 5.98. The summed E-state index contributed by atoms with van der Waals surface area (Å²) in [6.07, 6.45) is 2.36. The van der Waals surface area contributed by atoms with Crippen molar-refractivity contribution < 1.29 is 9.18 Å². The second kappa shape index (κ2) is 8.57. The fourth-order valence-electron chi connectivity index (χ4n) is 2.53. The lowest BCUT2D eigenvalue weighted by molar-refractivity contribution is 0.100. The number of rotatable bonds is 8. The second-order valence-corrected chi connectivity index (χ2v) is 6.60. The van der Waals surface area contributed by atoms with Crippen molar-refractivity contribution in [3.63, 3.8) is 0 Å². The van der Waals surface area contributed by atoms with Gasteiger partial charge in [0, 0.05) is 18.3 Å². The van der Waals surface area contributed by atoms with Gasteiger partial charge in [-0.3, -0.25) is 9.78 Å². The molecule has 0 radical (unpaired) electrons. The van der Waals surface area contributed by atoms with E-state index in [9.17, 15) is 9.18 Å². The van der Waals surface area contributed by atoms with Gasteiger partial charge in [-0.05, 0) is 37.5 Å². The van der Waals surface area contributed by atoms with Crippen molar-refractivity contribution in [3.05, 3.63) is 41.5 Å². The quantitative estimate of drug-likeness (QED) is 0.574. The summed E-state index contributed by atoms with van der Waals surface area (Å²) in [4.78, 5) is 20.1. The van der Waals surface area contributed by atoms with Crippen LogP contribution in [0, 0.1) is 18.7 Å². The average molecular weight is 360 g/mol. The molecule has 0 aliphatic carbocycles. The number of amides is 1. The molecule has 1 atom stereocenters. The summed E-state index contributed by atoms with van der Waals surface area (Å²) in [6, 6.07) is 4.53. The first kappa shape index (κ1) is 19.6. The molecule has 6 N–H and O–H groups in total. The van der Waals surface area contributed by atoms with Crippen molar-refractivity contribution in [3.8, 4) is 0 Å². The van der Waals surface area contributed by atoms with Crippen LogP contribution in [0.3, 0.4) is 0 Å². The van der Waals surface area contributed by atoms with Gasteiger partial charge in [0.15, 0.2) is 11.6 Å². The van der Waals surface area contributed by atoms with Crippen LogP contribution in [0.4, 0.5) is 21.7 Å². The smallest absolute Gasteiger partial charge is 0.252 e. The van der Waals surface area contributed by atoms with E-state index in [4.69, 9.17) is 11.5 Å². The van der Waals surface area contributed by atoms with Crippen LogP contribution in [0.25, 0.3) is 0 Å². The molecule has 0 aliphatic rings. The SMILES string of the molecule is Cc1ccc(Nc2nc(N[C@@H](CN)CC(C)C)c(F)cc2C(N)=O)cn1. The Balaban J connectivity index is 2.35. The first-order chi connectivity index (χ1) is 12.3. The van der Waals surface area contributed by atoms with Gasteiger partial charge < -0.3 is 22.1 Å². The zero-order valence-electron chi connectivity index (χ0n) is 15.2. The number of halogens is 1. The van der Waals surface area contributed by atoms with E-state index in [0.29, 0.717) is 18.2 Å². The molecule has 0 unspecified atom stereocenters. The lowest BCUT2D eigenvalue weighted by Crippen LogP contribution is -2.31. The van der Waals surface area contributed by atoms with E-state index in [-0.39, 0.29) is 23.2 Å². The predicted molar refractivity (Wildman–Crippen MR) is 101 cm³/mol. The molecule has 0 aliphatic heterocycles. The molecule has 0 spiro atoms. The maximum atomic E-state index is 14.4.